The van der Waals surface area contributed by atoms with Crippen molar-refractivity contribution in [3.8, 4) is 11.8 Å². The number of rotatable bonds is 1. The van der Waals surface area contributed by atoms with Crippen LogP contribution in [0.15, 0.2) is 24.5 Å². The molecule has 4 aliphatic rings. The largest absolute Gasteiger partial charge is 0.378 e. The Hall–Kier alpha value is -1.66. The molecule has 166 valence electrons. The van der Waals surface area contributed by atoms with Crippen LogP contribution >= 0.6 is 0 Å². The fraction of sp³-hybridized carbons (Fsp3) is 0.714. The van der Waals surface area contributed by atoms with Gasteiger partial charge in [-0.05, 0) is 111 Å². The minimum absolute atomic E-state index is 0.224. The van der Waals surface area contributed by atoms with E-state index < -0.39 is 5.60 Å². The number of hydrogen-bond acceptors (Lipinski definition) is 3. The first kappa shape index (κ1) is 21.2. The Bertz CT molecular complexity index is 916. The standard InChI is InChI=1S/C28H37NO2/c1-19(30)23-6-7-24-22-5-4-21-18-28(31,13-8-20-10-16-29-17-11-20)15-14-26(21,2)25(22)9-12-27(23,24)3/h10-11,16-17,21-25,31H,4-7,9,12,14-15,18H2,1-3H3/t21-,22+,23-,24+,25+,26+,27-,28-/m1/s1. The lowest BCUT2D eigenvalue weighted by atomic mass is 9.44. The van der Waals surface area contributed by atoms with Gasteiger partial charge < -0.3 is 5.11 Å². The molecule has 4 aliphatic carbocycles. The Morgan fingerprint density at radius 3 is 2.48 bits per heavy atom. The summed E-state index contributed by atoms with van der Waals surface area (Å²) in [6, 6.07) is 3.81. The summed E-state index contributed by atoms with van der Waals surface area (Å²) in [6.45, 7) is 6.76. The molecule has 0 aromatic carbocycles. The normalized spacial score (nSPS) is 46.1. The highest BCUT2D eigenvalue weighted by molar-refractivity contribution is 5.79. The lowest BCUT2D eigenvalue weighted by Gasteiger charge is -2.61. The maximum Gasteiger partial charge on any atom is 0.133 e. The zero-order valence-corrected chi connectivity index (χ0v) is 19.4. The summed E-state index contributed by atoms with van der Waals surface area (Å²) in [5, 5.41) is 11.3. The zero-order chi connectivity index (χ0) is 21.9. The summed E-state index contributed by atoms with van der Waals surface area (Å²) in [6.07, 6.45) is 13.4. The highest BCUT2D eigenvalue weighted by Gasteiger charge is 2.61. The second kappa shape index (κ2) is 7.45. The predicted molar refractivity (Wildman–Crippen MR) is 122 cm³/mol. The lowest BCUT2D eigenvalue weighted by Crippen LogP contribution is -2.56. The number of fused-ring (bicyclic) bond motifs is 5. The zero-order valence-electron chi connectivity index (χ0n) is 19.4. The SMILES string of the molecule is CC(=O)[C@H]1CC[C@H]2[C@@H]3CC[C@@H]4C[C@@](O)(C#Cc5ccncc5)CC[C@]4(C)[C@H]3CC[C@]12C. The van der Waals surface area contributed by atoms with Gasteiger partial charge >= 0.3 is 0 Å². The molecule has 0 radical (unpaired) electrons. The van der Waals surface area contributed by atoms with E-state index in [9.17, 15) is 9.90 Å². The first-order valence-corrected chi connectivity index (χ1v) is 12.4. The molecule has 5 rings (SSSR count). The fourth-order valence-corrected chi connectivity index (χ4v) is 8.65. The quantitative estimate of drug-likeness (QED) is 0.619. The van der Waals surface area contributed by atoms with Crippen LogP contribution in [0, 0.1) is 52.3 Å². The van der Waals surface area contributed by atoms with Crippen molar-refractivity contribution in [3.63, 3.8) is 0 Å². The first-order chi connectivity index (χ1) is 14.8. The van der Waals surface area contributed by atoms with Crippen LogP contribution in [0.3, 0.4) is 0 Å². The van der Waals surface area contributed by atoms with E-state index in [0.717, 1.165) is 43.1 Å². The summed E-state index contributed by atoms with van der Waals surface area (Å²) < 4.78 is 0. The van der Waals surface area contributed by atoms with Gasteiger partial charge in [0.1, 0.15) is 11.4 Å². The molecular formula is C28H37NO2. The number of pyridine rings is 1. The van der Waals surface area contributed by atoms with E-state index in [1.54, 1.807) is 12.4 Å². The molecule has 0 amide bonds. The van der Waals surface area contributed by atoms with Crippen LogP contribution in [0.2, 0.25) is 0 Å². The van der Waals surface area contributed by atoms with Gasteiger partial charge in [0.2, 0.25) is 0 Å². The van der Waals surface area contributed by atoms with Crippen molar-refractivity contribution < 1.29 is 9.90 Å². The molecule has 3 nitrogen and oxygen atoms in total. The molecule has 0 saturated heterocycles. The number of nitrogens with zero attached hydrogens (tertiary/aromatic N) is 1. The summed E-state index contributed by atoms with van der Waals surface area (Å²) in [7, 11) is 0. The number of hydrogen-bond donors (Lipinski definition) is 1. The van der Waals surface area contributed by atoms with Crippen molar-refractivity contribution in [2.45, 2.75) is 84.2 Å². The van der Waals surface area contributed by atoms with Crippen molar-refractivity contribution in [3.05, 3.63) is 30.1 Å². The molecule has 3 heteroatoms. The molecule has 1 aromatic heterocycles. The second-order valence-electron chi connectivity index (χ2n) is 11.7. The summed E-state index contributed by atoms with van der Waals surface area (Å²) in [4.78, 5) is 16.4. The number of aromatic nitrogens is 1. The molecule has 0 spiro atoms. The van der Waals surface area contributed by atoms with Gasteiger partial charge in [-0.3, -0.25) is 9.78 Å². The van der Waals surface area contributed by atoms with Crippen molar-refractivity contribution in [2.24, 2.45) is 40.4 Å². The summed E-state index contributed by atoms with van der Waals surface area (Å²) in [5.41, 5.74) is 0.592. The van der Waals surface area contributed by atoms with Gasteiger partial charge in [0.05, 0.1) is 0 Å². The molecule has 31 heavy (non-hydrogen) atoms. The maximum atomic E-state index is 12.3. The smallest absolute Gasteiger partial charge is 0.133 e. The van der Waals surface area contributed by atoms with Gasteiger partial charge in [0.25, 0.3) is 0 Å². The summed E-state index contributed by atoms with van der Waals surface area (Å²) >= 11 is 0. The third-order valence-electron chi connectivity index (χ3n) is 10.3. The average Bonchev–Trinajstić information content (AvgIpc) is 3.11. The monoisotopic (exact) mass is 419 g/mol. The number of carbonyl (C=O) groups is 1. The van der Waals surface area contributed by atoms with Crippen LogP contribution in [0.1, 0.15) is 84.1 Å². The minimum atomic E-state index is -0.865. The van der Waals surface area contributed by atoms with E-state index in [0.29, 0.717) is 23.0 Å². The molecular weight excluding hydrogens is 382 g/mol. The van der Waals surface area contributed by atoms with Crippen LogP contribution in [0.4, 0.5) is 0 Å². The van der Waals surface area contributed by atoms with Crippen LogP contribution in [-0.4, -0.2) is 21.5 Å². The molecule has 1 N–H and O–H groups in total. The van der Waals surface area contributed by atoms with E-state index in [-0.39, 0.29) is 11.3 Å². The van der Waals surface area contributed by atoms with Gasteiger partial charge in [-0.1, -0.05) is 25.7 Å². The van der Waals surface area contributed by atoms with Crippen LogP contribution in [-0.2, 0) is 4.79 Å². The first-order valence-electron chi connectivity index (χ1n) is 12.4. The Morgan fingerprint density at radius 1 is 1.00 bits per heavy atom. The van der Waals surface area contributed by atoms with Gasteiger partial charge in [-0.15, -0.1) is 0 Å². The number of Topliss-reactive ketones (excluding diaryl/α,β-unsaturated/α-hetero) is 1. The highest BCUT2D eigenvalue weighted by atomic mass is 16.3. The molecule has 0 unspecified atom stereocenters. The van der Waals surface area contributed by atoms with Crippen LogP contribution in [0.5, 0.6) is 0 Å². The second-order valence-corrected chi connectivity index (χ2v) is 11.7. The van der Waals surface area contributed by atoms with Gasteiger partial charge in [0.15, 0.2) is 0 Å². The van der Waals surface area contributed by atoms with Crippen molar-refractivity contribution >= 4 is 5.78 Å². The van der Waals surface area contributed by atoms with Crippen molar-refractivity contribution in [2.75, 3.05) is 0 Å². The Morgan fingerprint density at radius 2 is 1.74 bits per heavy atom. The van der Waals surface area contributed by atoms with Crippen molar-refractivity contribution in [1.29, 1.82) is 0 Å². The molecule has 1 aromatic rings. The predicted octanol–water partition coefficient (Wildman–Crippen LogP) is 5.41. The third kappa shape index (κ3) is 3.37. The third-order valence-corrected chi connectivity index (χ3v) is 10.3. The van der Waals surface area contributed by atoms with E-state index in [2.05, 4.69) is 30.7 Å². The highest BCUT2D eigenvalue weighted by Crippen LogP contribution is 2.68. The summed E-state index contributed by atoms with van der Waals surface area (Å²) in [5.74, 6) is 9.90. The maximum absolute atomic E-state index is 12.3. The Labute approximate surface area is 187 Å². The Balaban J connectivity index is 1.35. The fourth-order valence-electron chi connectivity index (χ4n) is 8.65. The minimum Gasteiger partial charge on any atom is -0.378 e. The van der Waals surface area contributed by atoms with Crippen LogP contribution < -0.4 is 0 Å². The topological polar surface area (TPSA) is 50.2 Å². The molecule has 1 heterocycles. The van der Waals surface area contributed by atoms with Crippen molar-refractivity contribution in [1.82, 2.24) is 4.98 Å². The molecule has 4 fully saturated rings. The molecule has 4 saturated carbocycles. The average molecular weight is 420 g/mol. The van der Waals surface area contributed by atoms with E-state index in [1.807, 2.05) is 19.1 Å². The Kier molecular flexibility index (Phi) is 5.09. The van der Waals surface area contributed by atoms with Gasteiger partial charge in [0, 0.05) is 23.9 Å². The van der Waals surface area contributed by atoms with Gasteiger partial charge in [-0.2, -0.15) is 0 Å². The molecule has 0 aliphatic heterocycles. The van der Waals surface area contributed by atoms with E-state index in [4.69, 9.17) is 0 Å². The van der Waals surface area contributed by atoms with Gasteiger partial charge in [-0.25, -0.2) is 0 Å². The molecule has 8 atom stereocenters. The lowest BCUT2D eigenvalue weighted by molar-refractivity contribution is -0.144. The number of carbonyl (C=O) groups excluding carboxylic acids is 1. The van der Waals surface area contributed by atoms with Crippen LogP contribution in [0.25, 0.3) is 0 Å². The number of ketones is 1. The number of aliphatic hydroxyl groups is 1. The van der Waals surface area contributed by atoms with E-state index >= 15 is 0 Å². The molecule has 0 bridgehead atoms. The van der Waals surface area contributed by atoms with E-state index in [1.165, 1.54) is 32.1 Å².